The van der Waals surface area contributed by atoms with Crippen LogP contribution in [0.15, 0.2) is 12.1 Å². The van der Waals surface area contributed by atoms with Crippen molar-refractivity contribution in [1.29, 1.82) is 0 Å². The molecule has 1 aliphatic rings. The highest BCUT2D eigenvalue weighted by Crippen LogP contribution is 2.34. The second kappa shape index (κ2) is 11.1. The summed E-state index contributed by atoms with van der Waals surface area (Å²) in [4.78, 5) is 12.4. The maximum atomic E-state index is 12.4. The van der Waals surface area contributed by atoms with E-state index in [0.717, 1.165) is 18.7 Å². The van der Waals surface area contributed by atoms with Crippen LogP contribution in [0.3, 0.4) is 0 Å². The first-order valence-corrected chi connectivity index (χ1v) is 8.85. The Morgan fingerprint density at radius 1 is 1.23 bits per heavy atom. The largest absolute Gasteiger partial charge is 0.496 e. The third-order valence-electron chi connectivity index (χ3n) is 4.93. The number of benzene rings is 1. The van der Waals surface area contributed by atoms with Gasteiger partial charge in [0.05, 0.1) is 33.4 Å². The number of methoxy groups -OCH3 is 3. The number of carbonyl (C=O) groups is 1. The van der Waals surface area contributed by atoms with Crippen LogP contribution in [0, 0.1) is 11.8 Å². The Morgan fingerprint density at radius 3 is 2.38 bits per heavy atom. The van der Waals surface area contributed by atoms with E-state index in [1.165, 1.54) is 12.8 Å². The van der Waals surface area contributed by atoms with E-state index < -0.39 is 0 Å². The van der Waals surface area contributed by atoms with Gasteiger partial charge in [-0.05, 0) is 37.8 Å². The minimum atomic E-state index is 0. The summed E-state index contributed by atoms with van der Waals surface area (Å²) >= 11 is 0. The van der Waals surface area contributed by atoms with E-state index in [1.807, 2.05) is 0 Å². The number of piperidine rings is 1. The Balaban J connectivity index is 0.00000338. The molecule has 0 bridgehead atoms. The molecule has 7 heteroatoms. The smallest absolute Gasteiger partial charge is 0.220 e. The predicted octanol–water partition coefficient (Wildman–Crippen LogP) is 2.78. The van der Waals surface area contributed by atoms with Crippen molar-refractivity contribution >= 4 is 18.3 Å². The molecule has 1 amide bonds. The van der Waals surface area contributed by atoms with Gasteiger partial charge in [-0.1, -0.05) is 6.92 Å². The summed E-state index contributed by atoms with van der Waals surface area (Å²) in [6.07, 6.45) is 2.92. The molecule has 2 atom stereocenters. The van der Waals surface area contributed by atoms with Gasteiger partial charge in [-0.2, -0.15) is 0 Å². The highest BCUT2D eigenvalue weighted by Gasteiger charge is 2.22. The number of halogens is 1. The van der Waals surface area contributed by atoms with Crippen LogP contribution in [0.5, 0.6) is 17.2 Å². The van der Waals surface area contributed by atoms with Crippen molar-refractivity contribution in [2.45, 2.75) is 32.7 Å². The third-order valence-corrected chi connectivity index (χ3v) is 4.93. The first-order valence-electron chi connectivity index (χ1n) is 8.85. The molecule has 2 unspecified atom stereocenters. The molecular weight excluding hydrogens is 356 g/mol. The van der Waals surface area contributed by atoms with Gasteiger partial charge < -0.3 is 24.8 Å². The molecule has 1 aromatic carbocycles. The third kappa shape index (κ3) is 5.95. The van der Waals surface area contributed by atoms with E-state index in [9.17, 15) is 4.79 Å². The first-order chi connectivity index (χ1) is 12.1. The van der Waals surface area contributed by atoms with Gasteiger partial charge in [0.15, 0.2) is 0 Å². The van der Waals surface area contributed by atoms with Crippen LogP contribution < -0.4 is 24.8 Å². The number of hydrogen-bond donors (Lipinski definition) is 2. The summed E-state index contributed by atoms with van der Waals surface area (Å²) in [7, 11) is 4.78. The molecule has 1 heterocycles. The molecular formula is C19H31ClN2O4. The summed E-state index contributed by atoms with van der Waals surface area (Å²) in [6.45, 7) is 4.62. The van der Waals surface area contributed by atoms with Crippen molar-refractivity contribution in [3.63, 3.8) is 0 Å². The molecule has 26 heavy (non-hydrogen) atoms. The summed E-state index contributed by atoms with van der Waals surface area (Å²) in [6, 6.07) is 3.58. The van der Waals surface area contributed by atoms with E-state index in [-0.39, 0.29) is 18.3 Å². The van der Waals surface area contributed by atoms with Crippen LogP contribution in [0.4, 0.5) is 0 Å². The zero-order valence-electron chi connectivity index (χ0n) is 16.1. The van der Waals surface area contributed by atoms with Gasteiger partial charge in [-0.25, -0.2) is 0 Å². The molecule has 1 aromatic rings. The Morgan fingerprint density at radius 2 is 1.88 bits per heavy atom. The molecule has 0 spiro atoms. The Bertz CT molecular complexity index is 552. The maximum absolute atomic E-state index is 12.4. The Labute approximate surface area is 162 Å². The summed E-state index contributed by atoms with van der Waals surface area (Å²) in [5.74, 6) is 2.93. The first kappa shape index (κ1) is 22.4. The molecule has 2 N–H and O–H groups in total. The highest BCUT2D eigenvalue weighted by atomic mass is 35.5. The fourth-order valence-electron chi connectivity index (χ4n) is 3.33. The van der Waals surface area contributed by atoms with E-state index in [1.54, 1.807) is 33.5 Å². The number of carbonyl (C=O) groups excluding carboxylic acids is 1. The molecule has 6 nitrogen and oxygen atoms in total. The van der Waals surface area contributed by atoms with E-state index in [0.29, 0.717) is 42.0 Å². The lowest BCUT2D eigenvalue weighted by atomic mass is 9.85. The van der Waals surface area contributed by atoms with Crippen molar-refractivity contribution < 1.29 is 19.0 Å². The highest BCUT2D eigenvalue weighted by molar-refractivity contribution is 5.85. The van der Waals surface area contributed by atoms with Gasteiger partial charge in [-0.3, -0.25) is 4.79 Å². The van der Waals surface area contributed by atoms with Gasteiger partial charge in [0.1, 0.15) is 17.2 Å². The summed E-state index contributed by atoms with van der Waals surface area (Å²) in [5, 5.41) is 6.41. The molecule has 2 rings (SSSR count). The van der Waals surface area contributed by atoms with Gasteiger partial charge in [0, 0.05) is 18.6 Å². The molecule has 0 saturated carbocycles. The topological polar surface area (TPSA) is 68.8 Å². The van der Waals surface area contributed by atoms with Crippen molar-refractivity contribution in [3.05, 3.63) is 17.7 Å². The van der Waals surface area contributed by atoms with Gasteiger partial charge in [0.2, 0.25) is 5.91 Å². The Kier molecular flexibility index (Phi) is 9.59. The fraction of sp³-hybridized carbons (Fsp3) is 0.632. The number of ether oxygens (including phenoxy) is 3. The lowest BCUT2D eigenvalue weighted by Crippen LogP contribution is -2.35. The van der Waals surface area contributed by atoms with Crippen LogP contribution in [0.25, 0.3) is 0 Å². The lowest BCUT2D eigenvalue weighted by Gasteiger charge is -2.28. The van der Waals surface area contributed by atoms with Gasteiger partial charge in [-0.15, -0.1) is 12.4 Å². The van der Waals surface area contributed by atoms with E-state index >= 15 is 0 Å². The lowest BCUT2D eigenvalue weighted by molar-refractivity contribution is -0.122. The second-order valence-corrected chi connectivity index (χ2v) is 6.58. The summed E-state index contributed by atoms with van der Waals surface area (Å²) < 4.78 is 16.1. The SMILES string of the molecule is COc1cc(OC)c(CNC(=O)CC(C)C2CCCNC2)c(OC)c1.Cl. The molecule has 148 valence electrons. The van der Waals surface area contributed by atoms with Gasteiger partial charge in [0.25, 0.3) is 0 Å². The van der Waals surface area contributed by atoms with E-state index in [4.69, 9.17) is 14.2 Å². The number of rotatable bonds is 8. The van der Waals surface area contributed by atoms with Crippen LogP contribution in [-0.4, -0.2) is 40.3 Å². The zero-order valence-corrected chi connectivity index (χ0v) is 16.9. The van der Waals surface area contributed by atoms with Crippen LogP contribution in [0.2, 0.25) is 0 Å². The van der Waals surface area contributed by atoms with Crippen LogP contribution in [0.1, 0.15) is 31.7 Å². The molecule has 0 aliphatic carbocycles. The molecule has 1 fully saturated rings. The quantitative estimate of drug-likeness (QED) is 0.719. The maximum Gasteiger partial charge on any atom is 0.220 e. The molecule has 0 aromatic heterocycles. The molecule has 1 saturated heterocycles. The minimum absolute atomic E-state index is 0. The number of amides is 1. The van der Waals surface area contributed by atoms with Crippen LogP contribution in [-0.2, 0) is 11.3 Å². The normalized spacial score (nSPS) is 17.6. The monoisotopic (exact) mass is 386 g/mol. The van der Waals surface area contributed by atoms with Crippen LogP contribution >= 0.6 is 12.4 Å². The number of nitrogens with one attached hydrogen (secondary N) is 2. The number of hydrogen-bond acceptors (Lipinski definition) is 5. The molecule has 1 aliphatic heterocycles. The van der Waals surface area contributed by atoms with Crippen molar-refractivity contribution in [3.8, 4) is 17.2 Å². The second-order valence-electron chi connectivity index (χ2n) is 6.58. The standard InChI is InChI=1S/C19H30N2O4.ClH/c1-13(14-6-5-7-20-11-14)8-19(22)21-12-16-17(24-3)9-15(23-2)10-18(16)25-4;/h9-10,13-14,20H,5-8,11-12H2,1-4H3,(H,21,22);1H. The average Bonchev–Trinajstić information content (AvgIpc) is 2.66. The zero-order chi connectivity index (χ0) is 18.2. The average molecular weight is 387 g/mol. The van der Waals surface area contributed by atoms with Crippen molar-refractivity contribution in [2.75, 3.05) is 34.4 Å². The molecule has 0 radical (unpaired) electrons. The minimum Gasteiger partial charge on any atom is -0.496 e. The van der Waals surface area contributed by atoms with E-state index in [2.05, 4.69) is 17.6 Å². The fourth-order valence-corrected chi connectivity index (χ4v) is 3.33. The summed E-state index contributed by atoms with van der Waals surface area (Å²) in [5.41, 5.74) is 0.811. The van der Waals surface area contributed by atoms with Crippen molar-refractivity contribution in [2.24, 2.45) is 11.8 Å². The predicted molar refractivity (Wildman–Crippen MR) is 105 cm³/mol. The van der Waals surface area contributed by atoms with Crippen molar-refractivity contribution in [1.82, 2.24) is 10.6 Å². The Hall–Kier alpha value is -1.66. The van der Waals surface area contributed by atoms with Gasteiger partial charge >= 0.3 is 0 Å².